The number of hydrogen-bond donors (Lipinski definition) is 2. The van der Waals surface area contributed by atoms with E-state index in [1.54, 1.807) is 0 Å². The van der Waals surface area contributed by atoms with Crippen LogP contribution in [0.3, 0.4) is 0 Å². The van der Waals surface area contributed by atoms with Crippen LogP contribution in [0.15, 0.2) is 30.3 Å². The highest BCUT2D eigenvalue weighted by Gasteiger charge is 2.32. The summed E-state index contributed by atoms with van der Waals surface area (Å²) in [5.41, 5.74) is 7.50. The number of benzene rings is 1. The third-order valence-electron chi connectivity index (χ3n) is 4.95. The number of imidazole rings is 1. The summed E-state index contributed by atoms with van der Waals surface area (Å²) in [6.45, 7) is 0.545. The molecule has 0 saturated carbocycles. The molecule has 0 spiro atoms. The zero-order chi connectivity index (χ0) is 21.1. The summed E-state index contributed by atoms with van der Waals surface area (Å²) < 4.78 is 9.90. The lowest BCUT2D eigenvalue weighted by Gasteiger charge is -2.23. The van der Waals surface area contributed by atoms with Gasteiger partial charge in [0.1, 0.15) is 30.6 Å². The van der Waals surface area contributed by atoms with Gasteiger partial charge >= 0.3 is 5.97 Å². The maximum atomic E-state index is 12.0. The number of nitrogens with zero attached hydrogens (tertiary/aromatic N) is 4. The molecular formula is C20H24N6O4S. The number of fused-ring (bicyclic) bond motifs is 1. The van der Waals surface area contributed by atoms with Gasteiger partial charge in [0.05, 0.1) is 7.11 Å². The number of aromatic amines is 1. The number of rotatable bonds is 7. The van der Waals surface area contributed by atoms with E-state index in [0.29, 0.717) is 41.6 Å². The molecule has 1 fully saturated rings. The SMILES string of the molecule is COC(=O)COCc1nc2nc(-c3ccccc3)nc(N3CCC[C@H]3C(N)=O)c2[nH]1.S. The van der Waals surface area contributed by atoms with E-state index < -0.39 is 12.0 Å². The number of amides is 1. The standard InChI is InChI=1S/C20H22N6O4.H2S/c1-29-15(27)11-30-10-14-22-16-19(23-14)24-18(12-6-3-2-4-7-12)25-20(16)26-9-5-8-13(26)17(21)28;/h2-4,6-7,13H,5,8-11H2,1H3,(H2,21,28)(H,22,23,24,25);1H2/t13-;/m0./s1. The average molecular weight is 445 g/mol. The van der Waals surface area contributed by atoms with Crippen molar-refractivity contribution in [1.82, 2.24) is 19.9 Å². The van der Waals surface area contributed by atoms with Crippen LogP contribution in [0.2, 0.25) is 0 Å². The molecule has 164 valence electrons. The Balaban J connectivity index is 0.00000272. The van der Waals surface area contributed by atoms with Crippen molar-refractivity contribution in [3.8, 4) is 11.4 Å². The topological polar surface area (TPSA) is 136 Å². The van der Waals surface area contributed by atoms with Crippen molar-refractivity contribution in [1.29, 1.82) is 0 Å². The summed E-state index contributed by atoms with van der Waals surface area (Å²) in [6.07, 6.45) is 1.51. The maximum absolute atomic E-state index is 12.0. The fraction of sp³-hybridized carbons (Fsp3) is 0.350. The molecule has 4 rings (SSSR count). The number of methoxy groups -OCH3 is 1. The van der Waals surface area contributed by atoms with Crippen LogP contribution in [0.4, 0.5) is 5.82 Å². The van der Waals surface area contributed by atoms with Gasteiger partial charge in [0.25, 0.3) is 0 Å². The molecule has 3 heterocycles. The Morgan fingerprint density at radius 3 is 2.71 bits per heavy atom. The smallest absolute Gasteiger partial charge is 0.331 e. The second-order valence-electron chi connectivity index (χ2n) is 6.94. The lowest BCUT2D eigenvalue weighted by molar-refractivity contribution is -0.146. The normalized spacial score (nSPS) is 15.6. The van der Waals surface area contributed by atoms with E-state index in [0.717, 1.165) is 12.0 Å². The number of nitrogens with one attached hydrogen (secondary N) is 1. The zero-order valence-electron chi connectivity index (χ0n) is 17.0. The second-order valence-corrected chi connectivity index (χ2v) is 6.94. The molecule has 1 atom stereocenters. The number of anilines is 1. The zero-order valence-corrected chi connectivity index (χ0v) is 18.0. The quantitative estimate of drug-likeness (QED) is 0.520. The summed E-state index contributed by atoms with van der Waals surface area (Å²) >= 11 is 0. The van der Waals surface area contributed by atoms with E-state index in [2.05, 4.69) is 19.7 Å². The van der Waals surface area contributed by atoms with Gasteiger partial charge in [-0.25, -0.2) is 19.7 Å². The molecule has 1 aliphatic heterocycles. The first-order valence-corrected chi connectivity index (χ1v) is 9.59. The van der Waals surface area contributed by atoms with Gasteiger partial charge in [0.15, 0.2) is 17.3 Å². The highest BCUT2D eigenvalue weighted by Crippen LogP contribution is 2.31. The summed E-state index contributed by atoms with van der Waals surface area (Å²) in [5.74, 6) is 0.708. The minimum Gasteiger partial charge on any atom is -0.467 e. The Bertz CT molecular complexity index is 1070. The number of H-pyrrole nitrogens is 1. The Morgan fingerprint density at radius 2 is 2.00 bits per heavy atom. The van der Waals surface area contributed by atoms with Gasteiger partial charge in [-0.05, 0) is 12.8 Å². The highest BCUT2D eigenvalue weighted by atomic mass is 32.1. The number of aromatic nitrogens is 4. The molecule has 1 aromatic carbocycles. The Kier molecular flexibility index (Phi) is 7.08. The van der Waals surface area contributed by atoms with Crippen LogP contribution in [0.5, 0.6) is 0 Å². The van der Waals surface area contributed by atoms with Crippen LogP contribution >= 0.6 is 13.5 Å². The van der Waals surface area contributed by atoms with E-state index in [1.807, 2.05) is 35.2 Å². The Labute approximate surface area is 185 Å². The van der Waals surface area contributed by atoms with Gasteiger partial charge < -0.3 is 25.1 Å². The molecule has 1 amide bonds. The van der Waals surface area contributed by atoms with Crippen LogP contribution in [-0.2, 0) is 25.7 Å². The monoisotopic (exact) mass is 444 g/mol. The Morgan fingerprint density at radius 1 is 1.23 bits per heavy atom. The van der Waals surface area contributed by atoms with Crippen LogP contribution in [0.25, 0.3) is 22.6 Å². The van der Waals surface area contributed by atoms with Crippen LogP contribution in [0.1, 0.15) is 18.7 Å². The van der Waals surface area contributed by atoms with Crippen LogP contribution < -0.4 is 10.6 Å². The number of ether oxygens (including phenoxy) is 2. The number of hydrogen-bond acceptors (Lipinski definition) is 8. The lowest BCUT2D eigenvalue weighted by atomic mass is 10.2. The molecule has 1 saturated heterocycles. The summed E-state index contributed by atoms with van der Waals surface area (Å²) in [5, 5.41) is 0. The first kappa shape index (κ1) is 22.5. The van der Waals surface area contributed by atoms with E-state index in [9.17, 15) is 9.59 Å². The largest absolute Gasteiger partial charge is 0.467 e. The predicted octanol–water partition coefficient (Wildman–Crippen LogP) is 1.28. The number of nitrogens with two attached hydrogens (primary N) is 1. The average Bonchev–Trinajstić information content (AvgIpc) is 3.40. The van der Waals surface area contributed by atoms with Crippen molar-refractivity contribution in [3.63, 3.8) is 0 Å². The predicted molar refractivity (Wildman–Crippen MR) is 119 cm³/mol. The molecule has 1 aliphatic rings. The van der Waals surface area contributed by atoms with Gasteiger partial charge in [-0.2, -0.15) is 13.5 Å². The highest BCUT2D eigenvalue weighted by molar-refractivity contribution is 7.59. The molecule has 0 aliphatic carbocycles. The van der Waals surface area contributed by atoms with Crippen molar-refractivity contribution >= 4 is 42.4 Å². The first-order valence-electron chi connectivity index (χ1n) is 9.59. The van der Waals surface area contributed by atoms with Crippen molar-refractivity contribution in [2.45, 2.75) is 25.5 Å². The van der Waals surface area contributed by atoms with Gasteiger partial charge in [0, 0.05) is 12.1 Å². The summed E-state index contributed by atoms with van der Waals surface area (Å²) in [7, 11) is 1.30. The van der Waals surface area contributed by atoms with Crippen molar-refractivity contribution in [2.24, 2.45) is 5.73 Å². The molecule has 2 aromatic heterocycles. The third kappa shape index (κ3) is 4.78. The number of carbonyl (C=O) groups excluding carboxylic acids is 2. The third-order valence-corrected chi connectivity index (χ3v) is 4.95. The molecular weight excluding hydrogens is 420 g/mol. The van der Waals surface area contributed by atoms with E-state index in [4.69, 9.17) is 15.5 Å². The fourth-order valence-electron chi connectivity index (χ4n) is 3.53. The van der Waals surface area contributed by atoms with Crippen LogP contribution in [0, 0.1) is 0 Å². The summed E-state index contributed by atoms with van der Waals surface area (Å²) in [4.78, 5) is 42.1. The minimum absolute atomic E-state index is 0. The molecule has 0 radical (unpaired) electrons. The fourth-order valence-corrected chi connectivity index (χ4v) is 3.53. The van der Waals surface area contributed by atoms with Gasteiger partial charge in [0.2, 0.25) is 5.91 Å². The lowest BCUT2D eigenvalue weighted by Crippen LogP contribution is -2.41. The molecule has 11 heteroatoms. The maximum Gasteiger partial charge on any atom is 0.331 e. The summed E-state index contributed by atoms with van der Waals surface area (Å²) in [6, 6.07) is 9.11. The first-order chi connectivity index (χ1) is 14.6. The van der Waals surface area contributed by atoms with Gasteiger partial charge in [-0.15, -0.1) is 0 Å². The number of primary amides is 1. The Hall–Kier alpha value is -3.18. The van der Waals surface area contributed by atoms with E-state index in [1.165, 1.54) is 7.11 Å². The number of carbonyl (C=O) groups is 2. The molecule has 0 unspecified atom stereocenters. The minimum atomic E-state index is -0.473. The van der Waals surface area contributed by atoms with E-state index >= 15 is 0 Å². The molecule has 3 aromatic rings. The molecule has 10 nitrogen and oxygen atoms in total. The molecule has 3 N–H and O–H groups in total. The van der Waals surface area contributed by atoms with Gasteiger partial charge in [-0.1, -0.05) is 30.3 Å². The van der Waals surface area contributed by atoms with Crippen molar-refractivity contribution in [2.75, 3.05) is 25.2 Å². The van der Waals surface area contributed by atoms with Crippen molar-refractivity contribution < 1.29 is 19.1 Å². The van der Waals surface area contributed by atoms with Crippen molar-refractivity contribution in [3.05, 3.63) is 36.2 Å². The van der Waals surface area contributed by atoms with Gasteiger partial charge in [-0.3, -0.25) is 4.79 Å². The van der Waals surface area contributed by atoms with E-state index in [-0.39, 0.29) is 32.6 Å². The number of esters is 1. The van der Waals surface area contributed by atoms with Crippen LogP contribution in [-0.4, -0.2) is 58.1 Å². The second kappa shape index (κ2) is 9.75. The molecule has 0 bridgehead atoms. The molecule has 31 heavy (non-hydrogen) atoms.